The van der Waals surface area contributed by atoms with Gasteiger partial charge in [0, 0.05) is 49.2 Å². The van der Waals surface area contributed by atoms with Gasteiger partial charge in [-0.25, -0.2) is 9.97 Å². The van der Waals surface area contributed by atoms with Crippen molar-refractivity contribution in [2.75, 3.05) is 18.0 Å². The summed E-state index contributed by atoms with van der Waals surface area (Å²) in [5, 5.41) is 3.73. The number of nitrogens with zero attached hydrogens (tertiary/aromatic N) is 4. The Hall–Kier alpha value is -3.22. The number of fused-ring (bicyclic) bond motifs is 1. The van der Waals surface area contributed by atoms with Crippen molar-refractivity contribution >= 4 is 22.8 Å². The number of piperidine rings is 1. The van der Waals surface area contributed by atoms with Gasteiger partial charge in [0.05, 0.1) is 5.52 Å². The molecule has 0 bridgehead atoms. The molecule has 27 heavy (non-hydrogen) atoms. The third-order valence-corrected chi connectivity index (χ3v) is 4.82. The third-order valence-electron chi connectivity index (χ3n) is 4.82. The van der Waals surface area contributed by atoms with Gasteiger partial charge in [0.2, 0.25) is 11.9 Å². The Kier molecular flexibility index (Phi) is 4.82. The zero-order chi connectivity index (χ0) is 18.6. The molecule has 1 fully saturated rings. The van der Waals surface area contributed by atoms with E-state index in [0.29, 0.717) is 17.9 Å². The van der Waals surface area contributed by atoms with Crippen LogP contribution in [0.3, 0.4) is 0 Å². The van der Waals surface area contributed by atoms with Gasteiger partial charge >= 0.3 is 0 Å². The molecule has 138 valence electrons. The Morgan fingerprint density at radius 2 is 1.96 bits per heavy atom. The van der Waals surface area contributed by atoms with Gasteiger partial charge in [-0.3, -0.25) is 9.59 Å². The zero-order valence-corrected chi connectivity index (χ0v) is 14.9. The van der Waals surface area contributed by atoms with Crippen LogP contribution in [0.25, 0.3) is 10.9 Å². The molecule has 0 aliphatic carbocycles. The number of hydrogen-bond acceptors (Lipinski definition) is 5. The predicted octanol–water partition coefficient (Wildman–Crippen LogP) is 1.58. The maximum absolute atomic E-state index is 12.6. The van der Waals surface area contributed by atoms with Gasteiger partial charge in [0.25, 0.3) is 0 Å². The summed E-state index contributed by atoms with van der Waals surface area (Å²) in [7, 11) is 0. The van der Waals surface area contributed by atoms with Crippen LogP contribution < -0.4 is 15.6 Å². The van der Waals surface area contributed by atoms with Crippen LogP contribution >= 0.6 is 0 Å². The molecule has 1 aliphatic heterocycles. The minimum Gasteiger partial charge on any atom is -0.350 e. The largest absolute Gasteiger partial charge is 0.350 e. The topological polar surface area (TPSA) is 80.1 Å². The molecule has 0 unspecified atom stereocenters. The first-order valence-electron chi connectivity index (χ1n) is 9.10. The number of para-hydroxylation sites is 1. The van der Waals surface area contributed by atoms with E-state index < -0.39 is 0 Å². The average Bonchev–Trinajstić information content (AvgIpc) is 2.71. The van der Waals surface area contributed by atoms with Gasteiger partial charge in [0.15, 0.2) is 5.43 Å². The highest BCUT2D eigenvalue weighted by molar-refractivity contribution is 5.82. The second-order valence-electron chi connectivity index (χ2n) is 6.73. The van der Waals surface area contributed by atoms with Crippen molar-refractivity contribution in [2.24, 2.45) is 0 Å². The summed E-state index contributed by atoms with van der Waals surface area (Å²) in [5.41, 5.74) is 0.733. The van der Waals surface area contributed by atoms with Gasteiger partial charge in [-0.1, -0.05) is 12.1 Å². The number of nitrogens with one attached hydrogen (secondary N) is 1. The molecule has 0 spiro atoms. The van der Waals surface area contributed by atoms with E-state index >= 15 is 0 Å². The monoisotopic (exact) mass is 363 g/mol. The molecule has 1 N–H and O–H groups in total. The van der Waals surface area contributed by atoms with Gasteiger partial charge in [-0.05, 0) is 31.0 Å². The highest BCUT2D eigenvalue weighted by atomic mass is 16.2. The number of rotatable bonds is 4. The fourth-order valence-corrected chi connectivity index (χ4v) is 3.56. The lowest BCUT2D eigenvalue weighted by molar-refractivity contribution is -0.122. The van der Waals surface area contributed by atoms with E-state index in [1.807, 2.05) is 22.8 Å². The normalized spacial score (nSPS) is 17.0. The van der Waals surface area contributed by atoms with Crippen molar-refractivity contribution < 1.29 is 4.79 Å². The number of anilines is 1. The SMILES string of the molecule is O=C(Cn1ccc(=O)c2ccccc21)N[C@@H]1CCCN(c2ncccn2)C1. The zero-order valence-electron chi connectivity index (χ0n) is 14.9. The molecule has 1 atom stereocenters. The van der Waals surface area contributed by atoms with E-state index in [-0.39, 0.29) is 23.9 Å². The van der Waals surface area contributed by atoms with Crippen molar-refractivity contribution in [1.82, 2.24) is 19.9 Å². The molecule has 3 heterocycles. The molecule has 7 nitrogen and oxygen atoms in total. The van der Waals surface area contributed by atoms with Gasteiger partial charge in [0.1, 0.15) is 6.54 Å². The molecule has 1 aromatic carbocycles. The van der Waals surface area contributed by atoms with Crippen molar-refractivity contribution in [1.29, 1.82) is 0 Å². The van der Waals surface area contributed by atoms with E-state index in [0.717, 1.165) is 24.9 Å². The lowest BCUT2D eigenvalue weighted by atomic mass is 10.1. The molecule has 0 saturated carbocycles. The van der Waals surface area contributed by atoms with Crippen molar-refractivity contribution in [3.05, 3.63) is 65.2 Å². The molecule has 1 aliphatic rings. The lowest BCUT2D eigenvalue weighted by Gasteiger charge is -2.33. The fraction of sp³-hybridized carbons (Fsp3) is 0.300. The van der Waals surface area contributed by atoms with E-state index in [1.165, 1.54) is 6.07 Å². The van der Waals surface area contributed by atoms with Crippen LogP contribution in [0.5, 0.6) is 0 Å². The van der Waals surface area contributed by atoms with Crippen LogP contribution in [0.15, 0.2) is 59.8 Å². The smallest absolute Gasteiger partial charge is 0.240 e. The first-order valence-corrected chi connectivity index (χ1v) is 9.10. The number of pyridine rings is 1. The maximum Gasteiger partial charge on any atom is 0.240 e. The summed E-state index contributed by atoms with van der Waals surface area (Å²) in [6, 6.07) is 10.7. The predicted molar refractivity (Wildman–Crippen MR) is 104 cm³/mol. The van der Waals surface area contributed by atoms with Gasteiger partial charge in [-0.15, -0.1) is 0 Å². The van der Waals surface area contributed by atoms with Crippen LogP contribution in [0.4, 0.5) is 5.95 Å². The van der Waals surface area contributed by atoms with Crippen LogP contribution in [-0.4, -0.2) is 39.6 Å². The summed E-state index contributed by atoms with van der Waals surface area (Å²) < 4.78 is 1.81. The quantitative estimate of drug-likeness (QED) is 0.761. The van der Waals surface area contributed by atoms with E-state index in [4.69, 9.17) is 0 Å². The molecule has 3 aromatic rings. The molecule has 0 radical (unpaired) electrons. The number of amides is 1. The van der Waals surface area contributed by atoms with Crippen LogP contribution in [0, 0.1) is 0 Å². The van der Waals surface area contributed by atoms with E-state index in [2.05, 4.69) is 20.2 Å². The molecular weight excluding hydrogens is 342 g/mol. The standard InChI is InChI=1S/C20H21N5O2/c26-18-8-12-24(17-7-2-1-6-16(17)18)14-19(27)23-15-5-3-11-25(13-15)20-21-9-4-10-22-20/h1-2,4,6-10,12,15H,3,5,11,13-14H2,(H,23,27)/t15-/m1/s1. The Labute approximate surface area is 156 Å². The van der Waals surface area contributed by atoms with Crippen LogP contribution in [-0.2, 0) is 11.3 Å². The summed E-state index contributed by atoms with van der Waals surface area (Å²) in [6.45, 7) is 1.76. The van der Waals surface area contributed by atoms with Crippen molar-refractivity contribution in [3.8, 4) is 0 Å². The first-order chi connectivity index (χ1) is 13.2. The Bertz CT molecular complexity index is 1000. The molecule has 4 rings (SSSR count). The Morgan fingerprint density at radius 3 is 2.81 bits per heavy atom. The fourth-order valence-electron chi connectivity index (χ4n) is 3.56. The van der Waals surface area contributed by atoms with Crippen LogP contribution in [0.2, 0.25) is 0 Å². The summed E-state index contributed by atoms with van der Waals surface area (Å²) in [6.07, 6.45) is 7.04. The first kappa shape index (κ1) is 17.2. The molecule has 1 saturated heterocycles. The van der Waals surface area contributed by atoms with Gasteiger partial charge in [-0.2, -0.15) is 0 Å². The minimum atomic E-state index is -0.0652. The molecule has 7 heteroatoms. The molecule has 1 amide bonds. The average molecular weight is 363 g/mol. The third kappa shape index (κ3) is 3.81. The van der Waals surface area contributed by atoms with Gasteiger partial charge < -0.3 is 14.8 Å². The van der Waals surface area contributed by atoms with E-state index in [1.54, 1.807) is 30.7 Å². The Morgan fingerprint density at radius 1 is 1.15 bits per heavy atom. The van der Waals surface area contributed by atoms with Crippen molar-refractivity contribution in [3.63, 3.8) is 0 Å². The summed E-state index contributed by atoms with van der Waals surface area (Å²) in [4.78, 5) is 35.3. The molecule has 2 aromatic heterocycles. The van der Waals surface area contributed by atoms with Crippen molar-refractivity contribution in [2.45, 2.75) is 25.4 Å². The lowest BCUT2D eigenvalue weighted by Crippen LogP contribution is -2.49. The van der Waals surface area contributed by atoms with E-state index in [9.17, 15) is 9.59 Å². The number of hydrogen-bond donors (Lipinski definition) is 1. The second kappa shape index (κ2) is 7.57. The highest BCUT2D eigenvalue weighted by Crippen LogP contribution is 2.15. The minimum absolute atomic E-state index is 0.0342. The maximum atomic E-state index is 12.6. The number of carbonyl (C=O) groups is 1. The molecular formula is C20H21N5O2. The van der Waals surface area contributed by atoms with Crippen LogP contribution in [0.1, 0.15) is 12.8 Å². The number of carbonyl (C=O) groups excluding carboxylic acids is 1. The number of benzene rings is 1. The summed E-state index contributed by atoms with van der Waals surface area (Å²) >= 11 is 0. The Balaban J connectivity index is 1.44. The summed E-state index contributed by atoms with van der Waals surface area (Å²) in [5.74, 6) is 0.632. The number of aromatic nitrogens is 3. The second-order valence-corrected chi connectivity index (χ2v) is 6.73. The highest BCUT2D eigenvalue weighted by Gasteiger charge is 2.23.